The fraction of sp³-hybridized carbons (Fsp3) is 0.867. The Morgan fingerprint density at radius 1 is 1.32 bits per heavy atom. The van der Waals surface area contributed by atoms with Gasteiger partial charge in [-0.2, -0.15) is 5.26 Å². The number of carbonyl (C=O) groups excluding carboxylic acids is 1. The number of carbonyl (C=O) groups is 1. The van der Waals surface area contributed by atoms with Gasteiger partial charge in [0, 0.05) is 13.1 Å². The minimum Gasteiger partial charge on any atom is -0.391 e. The summed E-state index contributed by atoms with van der Waals surface area (Å²) in [5.74, 6) is 0.207. The predicted molar refractivity (Wildman–Crippen MR) is 72.1 cm³/mol. The molecule has 1 amide bonds. The molecule has 1 aliphatic carbocycles. The molecule has 4 nitrogen and oxygen atoms in total. The first kappa shape index (κ1) is 14.3. The van der Waals surface area contributed by atoms with Gasteiger partial charge in [0.2, 0.25) is 5.91 Å². The van der Waals surface area contributed by atoms with Gasteiger partial charge in [-0.3, -0.25) is 4.79 Å². The molecule has 2 atom stereocenters. The lowest BCUT2D eigenvalue weighted by Gasteiger charge is -2.38. The minimum atomic E-state index is -0.823. The lowest BCUT2D eigenvalue weighted by molar-refractivity contribution is -0.144. The van der Waals surface area contributed by atoms with Crippen molar-refractivity contribution in [2.45, 2.75) is 58.0 Å². The summed E-state index contributed by atoms with van der Waals surface area (Å²) in [6.07, 6.45) is 5.92. The Labute approximate surface area is 115 Å². The maximum atomic E-state index is 12.7. The predicted octanol–water partition coefficient (Wildman–Crippen LogP) is 2.08. The number of amides is 1. The molecule has 0 aromatic heterocycles. The lowest BCUT2D eigenvalue weighted by atomic mass is 9.79. The van der Waals surface area contributed by atoms with Crippen LogP contribution in [0.2, 0.25) is 0 Å². The van der Waals surface area contributed by atoms with Crippen molar-refractivity contribution in [3.63, 3.8) is 0 Å². The van der Waals surface area contributed by atoms with Gasteiger partial charge in [-0.05, 0) is 25.2 Å². The normalized spacial score (nSPS) is 31.3. The number of likely N-dealkylation sites (tertiary alicyclic amines) is 1. The van der Waals surface area contributed by atoms with Crippen molar-refractivity contribution in [2.24, 2.45) is 11.3 Å². The summed E-state index contributed by atoms with van der Waals surface area (Å²) in [6, 6.07) is 2.31. The second-order valence-electron chi connectivity index (χ2n) is 6.19. The topological polar surface area (TPSA) is 64.3 Å². The molecule has 1 N–H and O–H groups in total. The molecule has 0 bridgehead atoms. The summed E-state index contributed by atoms with van der Waals surface area (Å²) in [4.78, 5) is 14.4. The molecule has 2 rings (SSSR count). The Morgan fingerprint density at radius 3 is 2.47 bits per heavy atom. The van der Waals surface area contributed by atoms with E-state index in [9.17, 15) is 15.2 Å². The van der Waals surface area contributed by atoms with Gasteiger partial charge in [0.15, 0.2) is 0 Å². The summed E-state index contributed by atoms with van der Waals surface area (Å²) < 4.78 is 0. The van der Waals surface area contributed by atoms with E-state index in [0.29, 0.717) is 25.9 Å². The quantitative estimate of drug-likeness (QED) is 0.737. The second-order valence-corrected chi connectivity index (χ2v) is 6.19. The molecule has 2 fully saturated rings. The van der Waals surface area contributed by atoms with Crippen LogP contribution >= 0.6 is 0 Å². The smallest absolute Gasteiger partial charge is 0.243 e. The number of nitrogens with zero attached hydrogens (tertiary/aromatic N) is 2. The fourth-order valence-corrected chi connectivity index (χ4v) is 3.24. The van der Waals surface area contributed by atoms with Crippen molar-refractivity contribution in [1.82, 2.24) is 4.90 Å². The fourth-order valence-electron chi connectivity index (χ4n) is 3.24. The zero-order chi connectivity index (χ0) is 13.9. The van der Waals surface area contributed by atoms with Crippen LogP contribution in [-0.4, -0.2) is 35.1 Å². The van der Waals surface area contributed by atoms with E-state index in [1.54, 1.807) is 4.90 Å². The van der Waals surface area contributed by atoms with Crippen molar-refractivity contribution in [3.8, 4) is 6.07 Å². The van der Waals surface area contributed by atoms with E-state index in [1.807, 2.05) is 6.92 Å². The van der Waals surface area contributed by atoms with Crippen molar-refractivity contribution < 1.29 is 9.90 Å². The van der Waals surface area contributed by atoms with Crippen molar-refractivity contribution in [1.29, 1.82) is 5.26 Å². The third-order valence-corrected chi connectivity index (χ3v) is 4.79. The molecule has 106 valence electrons. The first-order valence-electron chi connectivity index (χ1n) is 7.48. The zero-order valence-electron chi connectivity index (χ0n) is 11.8. The van der Waals surface area contributed by atoms with Crippen LogP contribution in [0.3, 0.4) is 0 Å². The molecule has 1 saturated carbocycles. The average molecular weight is 264 g/mol. The average Bonchev–Trinajstić information content (AvgIpc) is 2.67. The van der Waals surface area contributed by atoms with E-state index in [0.717, 1.165) is 32.1 Å². The first-order valence-corrected chi connectivity index (χ1v) is 7.48. The lowest BCUT2D eigenvalue weighted by Crippen LogP contribution is -2.51. The van der Waals surface area contributed by atoms with Gasteiger partial charge in [0.25, 0.3) is 0 Å². The molecule has 1 heterocycles. The Balaban J connectivity index is 2.10. The third kappa shape index (κ3) is 2.92. The Morgan fingerprint density at radius 2 is 1.95 bits per heavy atom. The van der Waals surface area contributed by atoms with Crippen LogP contribution in [-0.2, 0) is 4.79 Å². The molecule has 0 radical (unpaired) electrons. The van der Waals surface area contributed by atoms with Gasteiger partial charge in [-0.1, -0.05) is 32.6 Å². The molecular formula is C15H24N2O2. The standard InChI is InChI=1S/C15H24N2O2/c1-12-6-9-17(10-13(12)18)14(19)15(11-16)7-4-2-3-5-8-15/h12-13,18H,2-10H2,1H3. The van der Waals surface area contributed by atoms with Crippen LogP contribution in [0.15, 0.2) is 0 Å². The Kier molecular flexibility index (Phi) is 4.46. The number of rotatable bonds is 1. The van der Waals surface area contributed by atoms with Crippen LogP contribution in [0.4, 0.5) is 0 Å². The molecule has 2 unspecified atom stereocenters. The summed E-state index contributed by atoms with van der Waals surface area (Å²) >= 11 is 0. The van der Waals surface area contributed by atoms with Gasteiger partial charge in [0.1, 0.15) is 5.41 Å². The monoisotopic (exact) mass is 264 g/mol. The number of piperidine rings is 1. The molecule has 1 aliphatic heterocycles. The summed E-state index contributed by atoms with van der Waals surface area (Å²) in [6.45, 7) is 3.09. The van der Waals surface area contributed by atoms with Crippen LogP contribution in [0.25, 0.3) is 0 Å². The highest BCUT2D eigenvalue weighted by Gasteiger charge is 2.43. The number of hydrogen-bond donors (Lipinski definition) is 1. The van der Waals surface area contributed by atoms with Gasteiger partial charge < -0.3 is 10.0 Å². The largest absolute Gasteiger partial charge is 0.391 e. The van der Waals surface area contributed by atoms with Gasteiger partial charge >= 0.3 is 0 Å². The second kappa shape index (κ2) is 5.92. The molecule has 0 aromatic carbocycles. The van der Waals surface area contributed by atoms with Crippen LogP contribution in [0.5, 0.6) is 0 Å². The summed E-state index contributed by atoms with van der Waals surface area (Å²) in [5.41, 5.74) is -0.823. The van der Waals surface area contributed by atoms with Crippen LogP contribution in [0.1, 0.15) is 51.9 Å². The van der Waals surface area contributed by atoms with E-state index < -0.39 is 11.5 Å². The van der Waals surface area contributed by atoms with Crippen LogP contribution in [0, 0.1) is 22.7 Å². The highest BCUT2D eigenvalue weighted by atomic mass is 16.3. The van der Waals surface area contributed by atoms with E-state index in [2.05, 4.69) is 6.07 Å². The first-order chi connectivity index (χ1) is 9.09. The summed E-state index contributed by atoms with van der Waals surface area (Å²) in [5, 5.41) is 19.5. The maximum Gasteiger partial charge on any atom is 0.243 e. The molecule has 1 saturated heterocycles. The van der Waals surface area contributed by atoms with Crippen molar-refractivity contribution in [3.05, 3.63) is 0 Å². The van der Waals surface area contributed by atoms with Crippen molar-refractivity contribution >= 4 is 5.91 Å². The SMILES string of the molecule is CC1CCN(C(=O)C2(C#N)CCCCCC2)CC1O. The van der Waals surface area contributed by atoms with Crippen molar-refractivity contribution in [2.75, 3.05) is 13.1 Å². The third-order valence-electron chi connectivity index (χ3n) is 4.79. The molecule has 2 aliphatic rings. The Hall–Kier alpha value is -1.08. The molecule has 4 heteroatoms. The van der Waals surface area contributed by atoms with E-state index in [1.165, 1.54) is 0 Å². The Bertz CT molecular complexity index is 367. The number of hydrogen-bond acceptors (Lipinski definition) is 3. The van der Waals surface area contributed by atoms with Gasteiger partial charge in [-0.15, -0.1) is 0 Å². The summed E-state index contributed by atoms with van der Waals surface area (Å²) in [7, 11) is 0. The minimum absolute atomic E-state index is 0.0390. The highest BCUT2D eigenvalue weighted by Crippen LogP contribution is 2.37. The number of aliphatic hydroxyl groups excluding tert-OH is 1. The van der Waals surface area contributed by atoms with Gasteiger partial charge in [0.05, 0.1) is 12.2 Å². The maximum absolute atomic E-state index is 12.7. The highest BCUT2D eigenvalue weighted by molar-refractivity contribution is 5.85. The number of nitriles is 1. The number of aliphatic hydroxyl groups is 1. The molecule has 0 spiro atoms. The van der Waals surface area contributed by atoms with E-state index >= 15 is 0 Å². The van der Waals surface area contributed by atoms with E-state index in [4.69, 9.17) is 0 Å². The van der Waals surface area contributed by atoms with Gasteiger partial charge in [-0.25, -0.2) is 0 Å². The zero-order valence-corrected chi connectivity index (χ0v) is 11.8. The van der Waals surface area contributed by atoms with E-state index in [-0.39, 0.29) is 11.8 Å². The number of β-amino-alcohol motifs (C(OH)–C–C–N with tert-alkyl or cyclic N) is 1. The molecule has 0 aromatic rings. The molecular weight excluding hydrogens is 240 g/mol. The molecule has 19 heavy (non-hydrogen) atoms. The van der Waals surface area contributed by atoms with Crippen LogP contribution < -0.4 is 0 Å².